The summed E-state index contributed by atoms with van der Waals surface area (Å²) in [6.45, 7) is 0. The number of carboxylic acid groups (broad SMARTS) is 1. The summed E-state index contributed by atoms with van der Waals surface area (Å²) in [5, 5.41) is 21.6. The van der Waals surface area contributed by atoms with Crippen molar-refractivity contribution < 1.29 is 19.5 Å². The van der Waals surface area contributed by atoms with E-state index in [0.29, 0.717) is 15.9 Å². The highest BCUT2D eigenvalue weighted by Gasteiger charge is 2.19. The van der Waals surface area contributed by atoms with Crippen molar-refractivity contribution in [3.63, 3.8) is 0 Å². The molecule has 0 unspecified atom stereocenters. The Hall–Kier alpha value is -3.99. The van der Waals surface area contributed by atoms with E-state index < -0.39 is 17.8 Å². The highest BCUT2D eigenvalue weighted by molar-refractivity contribution is 7.20. The summed E-state index contributed by atoms with van der Waals surface area (Å²) in [7, 11) is 0. The topological polar surface area (TPSA) is 153 Å². The fourth-order valence-electron chi connectivity index (χ4n) is 2.55. The van der Waals surface area contributed by atoms with Gasteiger partial charge in [-0.15, -0.1) is 11.3 Å². The third-order valence-electron chi connectivity index (χ3n) is 3.83. The van der Waals surface area contributed by atoms with Gasteiger partial charge in [0.1, 0.15) is 9.71 Å². The van der Waals surface area contributed by atoms with Gasteiger partial charge in [-0.05, 0) is 18.2 Å². The number of carbonyl (C=O) groups is 3. The Morgan fingerprint density at radius 2 is 1.93 bits per heavy atom. The highest BCUT2D eigenvalue weighted by Crippen LogP contribution is 2.29. The number of aromatic nitrogens is 4. The zero-order valence-corrected chi connectivity index (χ0v) is 14.8. The Bertz CT molecular complexity index is 1190. The first kappa shape index (κ1) is 17.4. The number of para-hydroxylation sites is 1. The minimum atomic E-state index is -1.06. The monoisotopic (exact) mass is 396 g/mol. The number of H-pyrrole nitrogens is 2. The van der Waals surface area contributed by atoms with E-state index in [1.165, 1.54) is 18.5 Å². The molecule has 4 aromatic rings. The molecule has 0 saturated carbocycles. The number of aromatic amines is 2. The van der Waals surface area contributed by atoms with Gasteiger partial charge in [0, 0.05) is 12.4 Å². The maximum absolute atomic E-state index is 12.7. The number of carbonyl (C=O) groups excluding carboxylic acids is 2. The van der Waals surface area contributed by atoms with Crippen molar-refractivity contribution in [2.75, 3.05) is 10.6 Å². The molecule has 11 heteroatoms. The molecule has 10 nitrogen and oxygen atoms in total. The van der Waals surface area contributed by atoms with E-state index in [-0.39, 0.29) is 22.1 Å². The molecule has 28 heavy (non-hydrogen) atoms. The van der Waals surface area contributed by atoms with Crippen molar-refractivity contribution in [2.24, 2.45) is 0 Å². The lowest BCUT2D eigenvalue weighted by atomic mass is 10.1. The smallest absolute Gasteiger partial charge is 0.345 e. The molecule has 3 heterocycles. The van der Waals surface area contributed by atoms with Crippen LogP contribution in [0.3, 0.4) is 0 Å². The fourth-order valence-corrected chi connectivity index (χ4v) is 3.39. The Morgan fingerprint density at radius 1 is 1.11 bits per heavy atom. The zero-order chi connectivity index (χ0) is 19.7. The maximum Gasteiger partial charge on any atom is 0.345 e. The molecular weight excluding hydrogens is 384 g/mol. The van der Waals surface area contributed by atoms with Gasteiger partial charge in [-0.1, -0.05) is 12.1 Å². The largest absolute Gasteiger partial charge is 0.477 e. The minimum absolute atomic E-state index is 0.115. The van der Waals surface area contributed by atoms with Crippen LogP contribution in [-0.2, 0) is 0 Å². The second kappa shape index (κ2) is 6.96. The normalized spacial score (nSPS) is 10.7. The second-order valence-corrected chi connectivity index (χ2v) is 6.67. The summed E-state index contributed by atoms with van der Waals surface area (Å²) in [4.78, 5) is 43.3. The summed E-state index contributed by atoms with van der Waals surface area (Å²) in [6.07, 6.45) is 2.96. The Kier molecular flexibility index (Phi) is 4.33. The first-order valence-electron chi connectivity index (χ1n) is 7.95. The van der Waals surface area contributed by atoms with Gasteiger partial charge in [0.25, 0.3) is 11.8 Å². The molecule has 0 aliphatic carbocycles. The average Bonchev–Trinajstić information content (AvgIpc) is 3.40. The molecule has 0 aliphatic heterocycles. The number of hydrogen-bond acceptors (Lipinski definition) is 6. The quantitative estimate of drug-likeness (QED) is 0.349. The number of nitrogens with one attached hydrogen (secondary N) is 4. The molecule has 0 spiro atoms. The first-order valence-corrected chi connectivity index (χ1v) is 8.77. The van der Waals surface area contributed by atoms with Crippen LogP contribution in [0.1, 0.15) is 30.6 Å². The molecule has 0 fully saturated rings. The molecule has 2 amide bonds. The van der Waals surface area contributed by atoms with Gasteiger partial charge in [-0.3, -0.25) is 14.7 Å². The van der Waals surface area contributed by atoms with Crippen molar-refractivity contribution in [1.29, 1.82) is 0 Å². The molecule has 140 valence electrons. The van der Waals surface area contributed by atoms with Gasteiger partial charge in [-0.25, -0.2) is 9.78 Å². The van der Waals surface area contributed by atoms with Crippen LogP contribution in [0.25, 0.3) is 10.2 Å². The van der Waals surface area contributed by atoms with E-state index in [4.69, 9.17) is 5.11 Å². The molecule has 0 saturated heterocycles. The average molecular weight is 396 g/mol. The van der Waals surface area contributed by atoms with Gasteiger partial charge in [0.05, 0.1) is 16.6 Å². The van der Waals surface area contributed by atoms with Crippen molar-refractivity contribution in [1.82, 2.24) is 20.2 Å². The van der Waals surface area contributed by atoms with E-state index in [2.05, 4.69) is 30.8 Å². The number of benzene rings is 1. The summed E-state index contributed by atoms with van der Waals surface area (Å²) < 4.78 is 0. The minimum Gasteiger partial charge on any atom is -0.477 e. The number of aromatic carboxylic acids is 1. The predicted octanol–water partition coefficient (Wildman–Crippen LogP) is 2.55. The number of fused-ring (bicyclic) bond motifs is 1. The molecule has 5 N–H and O–H groups in total. The molecule has 1 aromatic carbocycles. The number of rotatable bonds is 5. The van der Waals surface area contributed by atoms with Gasteiger partial charge in [0.15, 0.2) is 11.6 Å². The molecule has 0 aliphatic rings. The molecular formula is C17H12N6O4S. The molecule has 4 rings (SSSR count). The van der Waals surface area contributed by atoms with Crippen LogP contribution in [0.4, 0.5) is 11.5 Å². The summed E-state index contributed by atoms with van der Waals surface area (Å²) >= 11 is 1.02. The SMILES string of the molecule is O=C(Nc1ccccc1C(=O)Nc1n[nH]c2sc(C(=O)O)cc12)c1ncc[nH]1. The molecule has 0 atom stereocenters. The third-order valence-corrected chi connectivity index (χ3v) is 4.86. The van der Waals surface area contributed by atoms with Crippen LogP contribution < -0.4 is 10.6 Å². The van der Waals surface area contributed by atoms with Crippen LogP contribution in [0.15, 0.2) is 42.7 Å². The van der Waals surface area contributed by atoms with E-state index in [0.717, 1.165) is 11.3 Å². The summed E-state index contributed by atoms with van der Waals surface area (Å²) in [5.41, 5.74) is 0.511. The van der Waals surface area contributed by atoms with Crippen molar-refractivity contribution in [3.8, 4) is 0 Å². The number of hydrogen-bond donors (Lipinski definition) is 5. The van der Waals surface area contributed by atoms with Crippen LogP contribution in [0.2, 0.25) is 0 Å². The number of nitrogens with zero attached hydrogens (tertiary/aromatic N) is 2. The number of amides is 2. The van der Waals surface area contributed by atoms with Gasteiger partial charge < -0.3 is 20.7 Å². The van der Waals surface area contributed by atoms with Crippen LogP contribution in [0, 0.1) is 0 Å². The van der Waals surface area contributed by atoms with E-state index in [9.17, 15) is 14.4 Å². The Balaban J connectivity index is 1.59. The lowest BCUT2D eigenvalue weighted by Crippen LogP contribution is -2.19. The second-order valence-electron chi connectivity index (χ2n) is 5.62. The number of anilines is 2. The van der Waals surface area contributed by atoms with Gasteiger partial charge in [0.2, 0.25) is 0 Å². The van der Waals surface area contributed by atoms with Crippen molar-refractivity contribution in [3.05, 3.63) is 59.0 Å². The molecule has 0 radical (unpaired) electrons. The number of carboxylic acids is 1. The molecule has 3 aromatic heterocycles. The highest BCUT2D eigenvalue weighted by atomic mass is 32.1. The van der Waals surface area contributed by atoms with Crippen molar-refractivity contribution >= 4 is 50.8 Å². The van der Waals surface area contributed by atoms with E-state index in [1.54, 1.807) is 24.3 Å². The standard InChI is InChI=1S/C17H12N6O4S/c24-14(21-12-9-7-11(17(26)27)28-16(9)23-22-12)8-3-1-2-4-10(8)20-15(25)13-18-5-6-19-13/h1-7H,(H,18,19)(H,20,25)(H,26,27)(H2,21,22,23,24). The molecule has 0 bridgehead atoms. The van der Waals surface area contributed by atoms with Crippen LogP contribution in [0.5, 0.6) is 0 Å². The number of thiophene rings is 1. The predicted molar refractivity (Wildman–Crippen MR) is 102 cm³/mol. The van der Waals surface area contributed by atoms with Gasteiger partial charge >= 0.3 is 5.97 Å². The summed E-state index contributed by atoms with van der Waals surface area (Å²) in [5.74, 6) is -1.74. The third kappa shape index (κ3) is 3.21. The number of imidazole rings is 1. The maximum atomic E-state index is 12.7. The van der Waals surface area contributed by atoms with Crippen molar-refractivity contribution in [2.45, 2.75) is 0 Å². The fraction of sp³-hybridized carbons (Fsp3) is 0. The van der Waals surface area contributed by atoms with E-state index in [1.807, 2.05) is 0 Å². The van der Waals surface area contributed by atoms with Gasteiger partial charge in [-0.2, -0.15) is 5.10 Å². The summed E-state index contributed by atoms with van der Waals surface area (Å²) in [6, 6.07) is 7.91. The lowest BCUT2D eigenvalue weighted by Gasteiger charge is -2.09. The van der Waals surface area contributed by atoms with Crippen LogP contribution in [-0.4, -0.2) is 43.1 Å². The zero-order valence-electron chi connectivity index (χ0n) is 14.0. The lowest BCUT2D eigenvalue weighted by molar-refractivity contribution is 0.0701. The van der Waals surface area contributed by atoms with E-state index >= 15 is 0 Å². The first-order chi connectivity index (χ1) is 13.5. The Morgan fingerprint density at radius 3 is 2.68 bits per heavy atom. The Labute approximate surface area is 160 Å². The van der Waals surface area contributed by atoms with Crippen LogP contribution >= 0.6 is 11.3 Å².